The molecule has 1 aliphatic rings. The summed E-state index contributed by atoms with van der Waals surface area (Å²) in [5.74, 6) is 0.832. The van der Waals surface area contributed by atoms with Gasteiger partial charge in [0.25, 0.3) is 5.91 Å². The van der Waals surface area contributed by atoms with Crippen molar-refractivity contribution in [3.8, 4) is 0 Å². The first-order valence-electron chi connectivity index (χ1n) is 5.62. The maximum absolute atomic E-state index is 12.3. The highest BCUT2D eigenvalue weighted by Crippen LogP contribution is 2.18. The lowest BCUT2D eigenvalue weighted by Gasteiger charge is -2.32. The Kier molecular flexibility index (Phi) is 3.01. The molecule has 1 saturated heterocycles. The maximum Gasteiger partial charge on any atom is 0.257 e. The van der Waals surface area contributed by atoms with Gasteiger partial charge in [-0.1, -0.05) is 0 Å². The molecule has 0 bridgehead atoms. The van der Waals surface area contributed by atoms with E-state index in [0.717, 1.165) is 43.1 Å². The van der Waals surface area contributed by atoms with Crippen LogP contribution in [0, 0.1) is 13.8 Å². The number of amides is 1. The first kappa shape index (κ1) is 11.2. The van der Waals surface area contributed by atoms with Gasteiger partial charge >= 0.3 is 0 Å². The predicted molar refractivity (Wildman–Crippen MR) is 61.6 cm³/mol. The Bertz CT molecular complexity index is 370. The molecule has 0 saturated carbocycles. The van der Waals surface area contributed by atoms with E-state index in [-0.39, 0.29) is 5.91 Å². The van der Waals surface area contributed by atoms with E-state index in [1.165, 1.54) is 0 Å². The van der Waals surface area contributed by atoms with Crippen LogP contribution in [-0.4, -0.2) is 48.9 Å². The Morgan fingerprint density at radius 2 is 1.88 bits per heavy atom. The fourth-order valence-electron chi connectivity index (χ4n) is 2.06. The molecule has 0 spiro atoms. The van der Waals surface area contributed by atoms with Crippen LogP contribution in [0.5, 0.6) is 0 Å². The van der Waals surface area contributed by atoms with Crippen LogP contribution in [0.4, 0.5) is 0 Å². The SMILES string of the molecule is Cc1coc(C)c1C(=O)N1CCN(C)CC1. The summed E-state index contributed by atoms with van der Waals surface area (Å²) in [5, 5.41) is 0. The normalized spacial score (nSPS) is 17.8. The van der Waals surface area contributed by atoms with Gasteiger partial charge in [0.1, 0.15) is 5.76 Å². The highest BCUT2D eigenvalue weighted by atomic mass is 16.3. The number of furan rings is 1. The van der Waals surface area contributed by atoms with Crippen molar-refractivity contribution < 1.29 is 9.21 Å². The summed E-state index contributed by atoms with van der Waals surface area (Å²) in [6, 6.07) is 0. The van der Waals surface area contributed by atoms with Gasteiger partial charge in [0.15, 0.2) is 0 Å². The molecule has 2 rings (SSSR count). The molecule has 0 N–H and O–H groups in total. The Hall–Kier alpha value is -1.29. The number of nitrogens with zero attached hydrogens (tertiary/aromatic N) is 2. The van der Waals surface area contributed by atoms with E-state index >= 15 is 0 Å². The predicted octanol–water partition coefficient (Wildman–Crippen LogP) is 1.28. The van der Waals surface area contributed by atoms with Crippen LogP contribution in [0.3, 0.4) is 0 Å². The van der Waals surface area contributed by atoms with Gasteiger partial charge in [0.05, 0.1) is 11.8 Å². The van der Waals surface area contributed by atoms with Crippen LogP contribution in [0.1, 0.15) is 21.7 Å². The monoisotopic (exact) mass is 222 g/mol. The zero-order chi connectivity index (χ0) is 11.7. The Labute approximate surface area is 95.8 Å². The topological polar surface area (TPSA) is 36.7 Å². The van der Waals surface area contributed by atoms with Crippen molar-refractivity contribution in [3.63, 3.8) is 0 Å². The smallest absolute Gasteiger partial charge is 0.257 e. The van der Waals surface area contributed by atoms with Gasteiger partial charge in [0.2, 0.25) is 0 Å². The third-order valence-electron chi connectivity index (χ3n) is 3.16. The molecule has 88 valence electrons. The molecular formula is C12H18N2O2. The quantitative estimate of drug-likeness (QED) is 0.718. The van der Waals surface area contributed by atoms with Gasteiger partial charge in [-0.3, -0.25) is 4.79 Å². The largest absolute Gasteiger partial charge is 0.469 e. The van der Waals surface area contributed by atoms with Crippen LogP contribution in [0.15, 0.2) is 10.7 Å². The van der Waals surface area contributed by atoms with E-state index in [9.17, 15) is 4.79 Å². The molecule has 1 aliphatic heterocycles. The molecule has 1 amide bonds. The highest BCUT2D eigenvalue weighted by Gasteiger charge is 2.24. The second kappa shape index (κ2) is 4.29. The highest BCUT2D eigenvalue weighted by molar-refractivity contribution is 5.96. The molecule has 16 heavy (non-hydrogen) atoms. The maximum atomic E-state index is 12.3. The first-order valence-corrected chi connectivity index (χ1v) is 5.62. The van der Waals surface area contributed by atoms with E-state index in [0.29, 0.717) is 0 Å². The molecule has 1 aromatic rings. The average molecular weight is 222 g/mol. The van der Waals surface area contributed by atoms with E-state index in [2.05, 4.69) is 11.9 Å². The minimum atomic E-state index is 0.108. The zero-order valence-electron chi connectivity index (χ0n) is 10.1. The number of carbonyl (C=O) groups is 1. The van der Waals surface area contributed by atoms with Crippen LogP contribution < -0.4 is 0 Å². The Morgan fingerprint density at radius 1 is 1.25 bits per heavy atom. The second-order valence-electron chi connectivity index (χ2n) is 4.45. The summed E-state index contributed by atoms with van der Waals surface area (Å²) in [6.07, 6.45) is 1.65. The van der Waals surface area contributed by atoms with Gasteiger partial charge < -0.3 is 14.2 Å². The van der Waals surface area contributed by atoms with Gasteiger partial charge in [0, 0.05) is 31.7 Å². The number of carbonyl (C=O) groups excluding carboxylic acids is 1. The molecule has 0 aliphatic carbocycles. The van der Waals surface area contributed by atoms with E-state index in [4.69, 9.17) is 4.42 Å². The van der Waals surface area contributed by atoms with Crippen LogP contribution in [0.2, 0.25) is 0 Å². The van der Waals surface area contributed by atoms with Gasteiger partial charge in [-0.05, 0) is 20.9 Å². The summed E-state index contributed by atoms with van der Waals surface area (Å²) in [6.45, 7) is 7.26. The van der Waals surface area contributed by atoms with Crippen LogP contribution in [0.25, 0.3) is 0 Å². The number of aryl methyl sites for hydroxylation is 2. The molecule has 0 radical (unpaired) electrons. The summed E-state index contributed by atoms with van der Waals surface area (Å²) >= 11 is 0. The molecule has 1 aromatic heterocycles. The van der Waals surface area contributed by atoms with Gasteiger partial charge in [-0.25, -0.2) is 0 Å². The number of rotatable bonds is 1. The second-order valence-corrected chi connectivity index (χ2v) is 4.45. The standard InChI is InChI=1S/C12H18N2O2/c1-9-8-16-10(2)11(9)12(15)14-6-4-13(3)5-7-14/h8H,4-7H2,1-3H3. The number of hydrogen-bond acceptors (Lipinski definition) is 3. The van der Waals surface area contributed by atoms with Gasteiger partial charge in [-0.15, -0.1) is 0 Å². The van der Waals surface area contributed by atoms with Gasteiger partial charge in [-0.2, -0.15) is 0 Å². The lowest BCUT2D eigenvalue weighted by Crippen LogP contribution is -2.47. The van der Waals surface area contributed by atoms with Crippen molar-refractivity contribution in [2.24, 2.45) is 0 Å². The molecule has 0 aromatic carbocycles. The molecule has 1 fully saturated rings. The average Bonchev–Trinajstić information content (AvgIpc) is 2.59. The number of piperazine rings is 1. The Morgan fingerprint density at radius 3 is 2.38 bits per heavy atom. The molecular weight excluding hydrogens is 204 g/mol. The minimum Gasteiger partial charge on any atom is -0.469 e. The first-order chi connectivity index (χ1) is 7.59. The molecule has 4 heteroatoms. The molecule has 0 atom stereocenters. The Balaban J connectivity index is 2.14. The lowest BCUT2D eigenvalue weighted by molar-refractivity contribution is 0.0661. The number of hydrogen-bond donors (Lipinski definition) is 0. The van der Waals surface area contributed by atoms with E-state index in [1.807, 2.05) is 18.7 Å². The number of likely N-dealkylation sites (N-methyl/N-ethyl adjacent to an activating group) is 1. The summed E-state index contributed by atoms with van der Waals surface area (Å²) in [4.78, 5) is 16.4. The van der Waals surface area contributed by atoms with E-state index < -0.39 is 0 Å². The van der Waals surface area contributed by atoms with Crippen molar-refractivity contribution >= 4 is 5.91 Å². The molecule has 0 unspecified atom stereocenters. The lowest BCUT2D eigenvalue weighted by atomic mass is 10.1. The fourth-order valence-corrected chi connectivity index (χ4v) is 2.06. The van der Waals surface area contributed by atoms with Crippen molar-refractivity contribution in [1.82, 2.24) is 9.80 Å². The fraction of sp³-hybridized carbons (Fsp3) is 0.583. The molecule has 2 heterocycles. The third-order valence-corrected chi connectivity index (χ3v) is 3.16. The zero-order valence-corrected chi connectivity index (χ0v) is 10.1. The summed E-state index contributed by atoms with van der Waals surface area (Å²) < 4.78 is 5.27. The van der Waals surface area contributed by atoms with Crippen LogP contribution >= 0.6 is 0 Å². The van der Waals surface area contributed by atoms with Crippen molar-refractivity contribution in [2.75, 3.05) is 33.2 Å². The van der Waals surface area contributed by atoms with Crippen LogP contribution in [-0.2, 0) is 0 Å². The van der Waals surface area contributed by atoms with E-state index in [1.54, 1.807) is 6.26 Å². The summed E-state index contributed by atoms with van der Waals surface area (Å²) in [7, 11) is 2.08. The molecule has 4 nitrogen and oxygen atoms in total. The summed E-state index contributed by atoms with van der Waals surface area (Å²) in [5.41, 5.74) is 1.67. The van der Waals surface area contributed by atoms with Crippen molar-refractivity contribution in [1.29, 1.82) is 0 Å². The third kappa shape index (κ3) is 1.97. The minimum absolute atomic E-state index is 0.108. The van der Waals surface area contributed by atoms with Crippen molar-refractivity contribution in [2.45, 2.75) is 13.8 Å². The van der Waals surface area contributed by atoms with Crippen molar-refractivity contribution in [3.05, 3.63) is 23.2 Å².